The van der Waals surface area contributed by atoms with Gasteiger partial charge in [-0.25, -0.2) is 0 Å². The number of nitrogens with zero attached hydrogens (tertiary/aromatic N) is 1. The number of carbonyl (C=O) groups excluding carboxylic acids is 1. The molecule has 2 N–H and O–H groups in total. The zero-order valence-electron chi connectivity index (χ0n) is 12.8. The summed E-state index contributed by atoms with van der Waals surface area (Å²) in [6, 6.07) is 5.73. The predicted molar refractivity (Wildman–Crippen MR) is 90.3 cm³/mol. The summed E-state index contributed by atoms with van der Waals surface area (Å²) in [4.78, 5) is 14.8. The van der Waals surface area contributed by atoms with E-state index in [0.29, 0.717) is 22.5 Å². The van der Waals surface area contributed by atoms with Crippen LogP contribution in [0.25, 0.3) is 0 Å². The minimum Gasteiger partial charge on any atom is -0.338 e. The zero-order chi connectivity index (χ0) is 15.9. The van der Waals surface area contributed by atoms with E-state index in [4.69, 9.17) is 28.9 Å². The number of halogens is 2. The fourth-order valence-electron chi connectivity index (χ4n) is 3.59. The number of benzene rings is 1. The first-order chi connectivity index (χ1) is 10.5. The minimum absolute atomic E-state index is 0.0566. The topological polar surface area (TPSA) is 46.3 Å². The molecule has 3 rings (SSSR count). The second kappa shape index (κ2) is 6.38. The Morgan fingerprint density at radius 1 is 1.36 bits per heavy atom. The van der Waals surface area contributed by atoms with Gasteiger partial charge in [-0.2, -0.15) is 0 Å². The molecule has 0 spiro atoms. The first kappa shape index (κ1) is 16.1. The van der Waals surface area contributed by atoms with Gasteiger partial charge < -0.3 is 10.6 Å². The first-order valence-corrected chi connectivity index (χ1v) is 8.72. The molecule has 1 heterocycles. The lowest BCUT2D eigenvalue weighted by Gasteiger charge is -2.38. The molecule has 0 aromatic heterocycles. The summed E-state index contributed by atoms with van der Waals surface area (Å²) in [6.07, 6.45) is 2.96. The van der Waals surface area contributed by atoms with E-state index in [2.05, 4.69) is 6.92 Å². The number of amides is 1. The molecule has 1 amide bonds. The molecule has 1 saturated carbocycles. The molecule has 4 unspecified atom stereocenters. The lowest BCUT2D eigenvalue weighted by molar-refractivity contribution is -0.136. The summed E-state index contributed by atoms with van der Waals surface area (Å²) in [6.45, 7) is 3.62. The molecule has 3 nitrogen and oxygen atoms in total. The Kier molecular flexibility index (Phi) is 4.67. The molecule has 0 radical (unpaired) electrons. The molecule has 22 heavy (non-hydrogen) atoms. The Balaban J connectivity index is 1.69. The standard InChI is InChI=1S/C17H22Cl2N2O/c1-10-4-5-21(12(6-10)9-20)17(22)15-8-14(15)13-3-2-11(18)7-16(13)19/h2-3,7,10,12,14-15H,4-6,8-9,20H2,1H3. The quantitative estimate of drug-likeness (QED) is 0.912. The highest BCUT2D eigenvalue weighted by atomic mass is 35.5. The van der Waals surface area contributed by atoms with Crippen LogP contribution in [-0.4, -0.2) is 29.9 Å². The van der Waals surface area contributed by atoms with Gasteiger partial charge in [0, 0.05) is 35.1 Å². The van der Waals surface area contributed by atoms with Crippen molar-refractivity contribution in [2.45, 2.75) is 38.1 Å². The van der Waals surface area contributed by atoms with E-state index in [-0.39, 0.29) is 23.8 Å². The summed E-state index contributed by atoms with van der Waals surface area (Å²) >= 11 is 12.2. The molecule has 1 saturated heterocycles. The number of hydrogen-bond donors (Lipinski definition) is 1. The SMILES string of the molecule is CC1CCN(C(=O)C2CC2c2ccc(Cl)cc2Cl)C(CN)C1. The van der Waals surface area contributed by atoms with Crippen molar-refractivity contribution in [1.82, 2.24) is 4.90 Å². The van der Waals surface area contributed by atoms with E-state index in [0.717, 1.165) is 31.4 Å². The van der Waals surface area contributed by atoms with Gasteiger partial charge in [-0.15, -0.1) is 0 Å². The zero-order valence-corrected chi connectivity index (χ0v) is 14.3. The van der Waals surface area contributed by atoms with Gasteiger partial charge in [0.2, 0.25) is 5.91 Å². The summed E-state index contributed by atoms with van der Waals surface area (Å²) in [5.74, 6) is 1.19. The van der Waals surface area contributed by atoms with Gasteiger partial charge in [0.25, 0.3) is 0 Å². The number of hydrogen-bond acceptors (Lipinski definition) is 2. The highest BCUT2D eigenvalue weighted by molar-refractivity contribution is 6.35. The van der Waals surface area contributed by atoms with E-state index in [1.807, 2.05) is 17.0 Å². The summed E-state index contributed by atoms with van der Waals surface area (Å²) < 4.78 is 0. The van der Waals surface area contributed by atoms with Crippen LogP contribution in [0.15, 0.2) is 18.2 Å². The van der Waals surface area contributed by atoms with Crippen LogP contribution in [0.5, 0.6) is 0 Å². The second-order valence-electron chi connectivity index (χ2n) is 6.67. The van der Waals surface area contributed by atoms with Crippen molar-refractivity contribution in [2.75, 3.05) is 13.1 Å². The third-order valence-corrected chi connectivity index (χ3v) is 5.57. The molecule has 1 aliphatic carbocycles. The van der Waals surface area contributed by atoms with Crippen LogP contribution in [0.3, 0.4) is 0 Å². The van der Waals surface area contributed by atoms with Crippen LogP contribution in [0, 0.1) is 11.8 Å². The molecule has 2 aliphatic rings. The van der Waals surface area contributed by atoms with Crippen LogP contribution in [0.2, 0.25) is 10.0 Å². The van der Waals surface area contributed by atoms with Crippen LogP contribution < -0.4 is 5.73 Å². The lowest BCUT2D eigenvalue weighted by Crippen LogP contribution is -2.49. The summed E-state index contributed by atoms with van der Waals surface area (Å²) in [7, 11) is 0. The first-order valence-electron chi connectivity index (χ1n) is 7.96. The Bertz CT molecular complexity index is 578. The highest BCUT2D eigenvalue weighted by Gasteiger charge is 2.48. The molecule has 1 aliphatic heterocycles. The summed E-state index contributed by atoms with van der Waals surface area (Å²) in [5, 5.41) is 1.29. The van der Waals surface area contributed by atoms with E-state index in [1.165, 1.54) is 0 Å². The number of nitrogens with two attached hydrogens (primary N) is 1. The molecule has 2 fully saturated rings. The third-order valence-electron chi connectivity index (χ3n) is 5.00. The van der Waals surface area contributed by atoms with E-state index < -0.39 is 0 Å². The average molecular weight is 341 g/mol. The number of carbonyl (C=O) groups is 1. The van der Waals surface area contributed by atoms with Crippen LogP contribution >= 0.6 is 23.2 Å². The molecular formula is C17H22Cl2N2O. The van der Waals surface area contributed by atoms with Crippen LogP contribution in [-0.2, 0) is 4.79 Å². The van der Waals surface area contributed by atoms with E-state index >= 15 is 0 Å². The number of piperidine rings is 1. The van der Waals surface area contributed by atoms with Crippen molar-refractivity contribution in [3.05, 3.63) is 33.8 Å². The van der Waals surface area contributed by atoms with Crippen molar-refractivity contribution in [3.63, 3.8) is 0 Å². The Hall–Kier alpha value is -0.770. The van der Waals surface area contributed by atoms with Gasteiger partial charge in [0.05, 0.1) is 0 Å². The molecule has 1 aromatic rings. The van der Waals surface area contributed by atoms with Crippen LogP contribution in [0.4, 0.5) is 0 Å². The van der Waals surface area contributed by atoms with Gasteiger partial charge in [-0.1, -0.05) is 36.2 Å². The van der Waals surface area contributed by atoms with E-state index in [1.54, 1.807) is 6.07 Å². The maximum Gasteiger partial charge on any atom is 0.226 e. The van der Waals surface area contributed by atoms with Crippen molar-refractivity contribution >= 4 is 29.1 Å². The molecule has 1 aromatic carbocycles. The Morgan fingerprint density at radius 2 is 2.14 bits per heavy atom. The monoisotopic (exact) mass is 340 g/mol. The second-order valence-corrected chi connectivity index (χ2v) is 7.51. The maximum atomic E-state index is 12.8. The van der Waals surface area contributed by atoms with Gasteiger partial charge in [-0.3, -0.25) is 4.79 Å². The largest absolute Gasteiger partial charge is 0.338 e. The molecular weight excluding hydrogens is 319 g/mol. The maximum absolute atomic E-state index is 12.8. The van der Waals surface area contributed by atoms with Gasteiger partial charge >= 0.3 is 0 Å². The van der Waals surface area contributed by atoms with E-state index in [9.17, 15) is 4.79 Å². The van der Waals surface area contributed by atoms with Crippen LogP contribution in [0.1, 0.15) is 37.7 Å². The Labute approximate surface area is 141 Å². The number of rotatable bonds is 3. The summed E-state index contributed by atoms with van der Waals surface area (Å²) in [5.41, 5.74) is 6.91. The lowest BCUT2D eigenvalue weighted by atomic mass is 9.92. The molecule has 0 bridgehead atoms. The van der Waals surface area contributed by atoms with Crippen molar-refractivity contribution in [1.29, 1.82) is 0 Å². The van der Waals surface area contributed by atoms with Gasteiger partial charge in [-0.05, 0) is 48.8 Å². The smallest absolute Gasteiger partial charge is 0.226 e. The number of likely N-dealkylation sites (tertiary alicyclic amines) is 1. The predicted octanol–water partition coefficient (Wildman–Crippen LogP) is 3.68. The van der Waals surface area contributed by atoms with Gasteiger partial charge in [0.15, 0.2) is 0 Å². The van der Waals surface area contributed by atoms with Gasteiger partial charge in [0.1, 0.15) is 0 Å². The molecule has 120 valence electrons. The molecule has 5 heteroatoms. The van der Waals surface area contributed by atoms with Crippen molar-refractivity contribution in [2.24, 2.45) is 17.6 Å². The van der Waals surface area contributed by atoms with Crippen molar-refractivity contribution in [3.8, 4) is 0 Å². The average Bonchev–Trinajstić information content (AvgIpc) is 3.26. The fourth-order valence-corrected chi connectivity index (χ4v) is 4.14. The third kappa shape index (κ3) is 3.12. The normalized spacial score (nSPS) is 31.2. The fraction of sp³-hybridized carbons (Fsp3) is 0.588. The Morgan fingerprint density at radius 3 is 2.82 bits per heavy atom. The minimum atomic E-state index is 0.0566. The van der Waals surface area contributed by atoms with Crippen molar-refractivity contribution < 1.29 is 4.79 Å². The molecule has 4 atom stereocenters. The highest BCUT2D eigenvalue weighted by Crippen LogP contribution is 2.51.